The molecule has 3 rings (SSSR count). The fraction of sp³-hybridized carbons (Fsp3) is 0.259. The smallest absolute Gasteiger partial charge is 0.261 e. The van der Waals surface area contributed by atoms with Gasteiger partial charge in [0.25, 0.3) is 5.91 Å². The van der Waals surface area contributed by atoms with Crippen LogP contribution in [0.1, 0.15) is 23.6 Å². The van der Waals surface area contributed by atoms with Crippen LogP contribution in [0.2, 0.25) is 5.02 Å². The lowest BCUT2D eigenvalue weighted by Gasteiger charge is -2.31. The Bertz CT molecular complexity index is 1040. The van der Waals surface area contributed by atoms with Gasteiger partial charge in [-0.2, -0.15) is 0 Å². The van der Waals surface area contributed by atoms with E-state index in [9.17, 15) is 9.59 Å². The van der Waals surface area contributed by atoms with Gasteiger partial charge in [-0.25, -0.2) is 0 Å². The minimum atomic E-state index is -0.671. The first kappa shape index (κ1) is 24.3. The Kier molecular flexibility index (Phi) is 8.90. The normalized spacial score (nSPS) is 11.5. The molecule has 0 fully saturated rings. The minimum absolute atomic E-state index is 0.182. The van der Waals surface area contributed by atoms with Crippen molar-refractivity contribution in [1.29, 1.82) is 0 Å². The van der Waals surface area contributed by atoms with E-state index in [0.717, 1.165) is 16.7 Å². The lowest BCUT2D eigenvalue weighted by molar-refractivity contribution is -0.142. The first-order valence-electron chi connectivity index (χ1n) is 11.0. The number of rotatable bonds is 10. The van der Waals surface area contributed by atoms with Gasteiger partial charge in [0.2, 0.25) is 5.91 Å². The molecule has 1 N–H and O–H groups in total. The molecule has 3 aromatic carbocycles. The monoisotopic (exact) mass is 464 g/mol. The zero-order valence-electron chi connectivity index (χ0n) is 19.0. The summed E-state index contributed by atoms with van der Waals surface area (Å²) >= 11 is 5.93. The standard InChI is InChI=1S/C27H29ClN2O3/c1-3-29-27(32)25(17-21-7-5-4-6-8-21)30(18-22-11-9-20(2)10-12-22)26(31)19-33-24-15-13-23(28)14-16-24/h4-16,25H,3,17-19H2,1-2H3,(H,29,32). The van der Waals surface area contributed by atoms with Crippen LogP contribution >= 0.6 is 11.6 Å². The summed E-state index contributed by atoms with van der Waals surface area (Å²) in [5.41, 5.74) is 3.06. The third-order valence-electron chi connectivity index (χ3n) is 5.27. The van der Waals surface area contributed by atoms with Crippen LogP contribution in [0.4, 0.5) is 0 Å². The fourth-order valence-electron chi connectivity index (χ4n) is 3.49. The minimum Gasteiger partial charge on any atom is -0.484 e. The first-order valence-corrected chi connectivity index (χ1v) is 11.4. The summed E-state index contributed by atoms with van der Waals surface area (Å²) in [5.74, 6) is 0.0895. The van der Waals surface area contributed by atoms with E-state index in [1.165, 1.54) is 0 Å². The van der Waals surface area contributed by atoms with Gasteiger partial charge in [-0.15, -0.1) is 0 Å². The average Bonchev–Trinajstić information content (AvgIpc) is 2.82. The number of nitrogens with zero attached hydrogens (tertiary/aromatic N) is 1. The van der Waals surface area contributed by atoms with E-state index in [2.05, 4.69) is 5.32 Å². The van der Waals surface area contributed by atoms with Gasteiger partial charge >= 0.3 is 0 Å². The van der Waals surface area contributed by atoms with Crippen LogP contribution in [0.15, 0.2) is 78.9 Å². The summed E-state index contributed by atoms with van der Waals surface area (Å²) in [6, 6.07) is 23.8. The summed E-state index contributed by atoms with van der Waals surface area (Å²) < 4.78 is 5.72. The second kappa shape index (κ2) is 12.1. The third kappa shape index (κ3) is 7.36. The van der Waals surface area contributed by atoms with Crippen LogP contribution in [0.25, 0.3) is 0 Å². The molecule has 0 aliphatic rings. The number of carbonyl (C=O) groups excluding carboxylic acids is 2. The number of nitrogens with one attached hydrogen (secondary N) is 1. The predicted molar refractivity (Wildman–Crippen MR) is 131 cm³/mol. The molecule has 172 valence electrons. The van der Waals surface area contributed by atoms with Crippen LogP contribution in [-0.2, 0) is 22.6 Å². The number of carbonyl (C=O) groups is 2. The zero-order valence-corrected chi connectivity index (χ0v) is 19.7. The van der Waals surface area contributed by atoms with Crippen molar-refractivity contribution in [3.63, 3.8) is 0 Å². The van der Waals surface area contributed by atoms with E-state index in [-0.39, 0.29) is 18.4 Å². The first-order chi connectivity index (χ1) is 16.0. The van der Waals surface area contributed by atoms with Gasteiger partial charge in [-0.05, 0) is 49.2 Å². The SMILES string of the molecule is CCNC(=O)C(Cc1ccccc1)N(Cc1ccc(C)cc1)C(=O)COc1ccc(Cl)cc1. The van der Waals surface area contributed by atoms with E-state index in [0.29, 0.717) is 30.3 Å². The van der Waals surface area contributed by atoms with E-state index >= 15 is 0 Å². The number of halogens is 1. The maximum absolute atomic E-state index is 13.4. The average molecular weight is 465 g/mol. The fourth-order valence-corrected chi connectivity index (χ4v) is 3.62. The number of hydrogen-bond acceptors (Lipinski definition) is 3. The molecule has 0 spiro atoms. The molecule has 1 unspecified atom stereocenters. The molecule has 2 amide bonds. The molecule has 0 aliphatic heterocycles. The number of hydrogen-bond donors (Lipinski definition) is 1. The number of ether oxygens (including phenoxy) is 1. The van der Waals surface area contributed by atoms with Gasteiger partial charge in [-0.1, -0.05) is 71.8 Å². The predicted octanol–water partition coefficient (Wildman–Crippen LogP) is 4.80. The van der Waals surface area contributed by atoms with Gasteiger partial charge in [-0.3, -0.25) is 9.59 Å². The van der Waals surface area contributed by atoms with Crippen LogP contribution in [0, 0.1) is 6.92 Å². The van der Waals surface area contributed by atoms with Gasteiger partial charge in [0.15, 0.2) is 6.61 Å². The molecule has 5 nitrogen and oxygen atoms in total. The van der Waals surface area contributed by atoms with Gasteiger partial charge in [0.1, 0.15) is 11.8 Å². The van der Waals surface area contributed by atoms with Gasteiger partial charge in [0.05, 0.1) is 0 Å². The molecule has 1 atom stereocenters. The number of amides is 2. The molecule has 0 heterocycles. The van der Waals surface area contributed by atoms with Gasteiger partial charge in [0, 0.05) is 24.5 Å². The van der Waals surface area contributed by atoms with E-state index in [4.69, 9.17) is 16.3 Å². The quantitative estimate of drug-likeness (QED) is 0.468. The largest absolute Gasteiger partial charge is 0.484 e. The maximum atomic E-state index is 13.4. The van der Waals surface area contributed by atoms with E-state index in [1.54, 1.807) is 29.2 Å². The lowest BCUT2D eigenvalue weighted by atomic mass is 10.0. The Labute approximate surface area is 200 Å². The second-order valence-corrected chi connectivity index (χ2v) is 8.29. The highest BCUT2D eigenvalue weighted by Crippen LogP contribution is 2.18. The highest BCUT2D eigenvalue weighted by molar-refractivity contribution is 6.30. The molecule has 0 radical (unpaired) electrons. The van der Waals surface area contributed by atoms with Crippen LogP contribution in [-0.4, -0.2) is 35.9 Å². The summed E-state index contributed by atoms with van der Waals surface area (Å²) in [7, 11) is 0. The summed E-state index contributed by atoms with van der Waals surface area (Å²) in [4.78, 5) is 28.1. The highest BCUT2D eigenvalue weighted by Gasteiger charge is 2.30. The summed E-state index contributed by atoms with van der Waals surface area (Å²) in [6.45, 7) is 4.49. The van der Waals surface area contributed by atoms with Crippen LogP contribution in [0.5, 0.6) is 5.75 Å². The molecule has 0 aliphatic carbocycles. The molecular weight excluding hydrogens is 436 g/mol. The summed E-state index contributed by atoms with van der Waals surface area (Å²) in [5, 5.41) is 3.48. The molecule has 0 aromatic heterocycles. The van der Waals surface area contributed by atoms with Crippen molar-refractivity contribution in [1.82, 2.24) is 10.2 Å². The topological polar surface area (TPSA) is 58.6 Å². The molecule has 0 saturated heterocycles. The Morgan fingerprint density at radius 3 is 2.24 bits per heavy atom. The molecule has 33 heavy (non-hydrogen) atoms. The Balaban J connectivity index is 1.87. The molecule has 3 aromatic rings. The van der Waals surface area contributed by atoms with Crippen LogP contribution < -0.4 is 10.1 Å². The van der Waals surface area contributed by atoms with E-state index < -0.39 is 6.04 Å². The van der Waals surface area contributed by atoms with Crippen molar-refractivity contribution in [2.45, 2.75) is 32.9 Å². The number of aryl methyl sites for hydroxylation is 1. The maximum Gasteiger partial charge on any atom is 0.261 e. The highest BCUT2D eigenvalue weighted by atomic mass is 35.5. The number of likely N-dealkylation sites (N-methyl/N-ethyl adjacent to an activating group) is 1. The molecule has 0 bridgehead atoms. The lowest BCUT2D eigenvalue weighted by Crippen LogP contribution is -2.51. The van der Waals surface area contributed by atoms with Crippen molar-refractivity contribution in [2.24, 2.45) is 0 Å². The summed E-state index contributed by atoms with van der Waals surface area (Å²) in [6.07, 6.45) is 0.408. The van der Waals surface area contributed by atoms with Crippen molar-refractivity contribution in [3.05, 3.63) is 101 Å². The van der Waals surface area contributed by atoms with Crippen molar-refractivity contribution in [3.8, 4) is 5.75 Å². The molecular formula is C27H29ClN2O3. The molecule has 6 heteroatoms. The number of benzene rings is 3. The Morgan fingerprint density at radius 2 is 1.61 bits per heavy atom. The zero-order chi connectivity index (χ0) is 23.6. The van der Waals surface area contributed by atoms with Gasteiger partial charge < -0.3 is 15.0 Å². The molecule has 0 saturated carbocycles. The van der Waals surface area contributed by atoms with Crippen molar-refractivity contribution in [2.75, 3.05) is 13.2 Å². The van der Waals surface area contributed by atoms with Crippen molar-refractivity contribution < 1.29 is 14.3 Å². The third-order valence-corrected chi connectivity index (χ3v) is 5.52. The van der Waals surface area contributed by atoms with E-state index in [1.807, 2.05) is 68.4 Å². The van der Waals surface area contributed by atoms with Crippen molar-refractivity contribution >= 4 is 23.4 Å². The van der Waals surface area contributed by atoms with Crippen LogP contribution in [0.3, 0.4) is 0 Å². The second-order valence-electron chi connectivity index (χ2n) is 7.85. The Morgan fingerprint density at radius 1 is 0.939 bits per heavy atom. The Hall–Kier alpha value is -3.31.